The third-order valence-electron chi connectivity index (χ3n) is 2.22. The van der Waals surface area contributed by atoms with Crippen molar-refractivity contribution in [3.8, 4) is 0 Å². The molecule has 0 spiro atoms. The van der Waals surface area contributed by atoms with E-state index in [0.29, 0.717) is 5.69 Å². The molecular weight excluding hydrogens is 244 g/mol. The molecule has 0 bridgehead atoms. The summed E-state index contributed by atoms with van der Waals surface area (Å²) in [5.41, 5.74) is 1.90. The van der Waals surface area contributed by atoms with Crippen LogP contribution >= 0.6 is 11.3 Å². The van der Waals surface area contributed by atoms with Crippen LogP contribution in [0.1, 0.15) is 10.5 Å². The number of urea groups is 1. The van der Waals surface area contributed by atoms with Crippen molar-refractivity contribution in [1.82, 2.24) is 20.5 Å². The van der Waals surface area contributed by atoms with Gasteiger partial charge in [0, 0.05) is 18.5 Å². The first kappa shape index (κ1) is 11.5. The molecule has 1 aliphatic heterocycles. The van der Waals surface area contributed by atoms with E-state index in [0.717, 1.165) is 4.90 Å². The molecule has 1 fully saturated rings. The number of amides is 4. The summed E-state index contributed by atoms with van der Waals surface area (Å²) < 4.78 is 0. The average Bonchev–Trinajstić information content (AvgIpc) is 2.93. The molecule has 17 heavy (non-hydrogen) atoms. The van der Waals surface area contributed by atoms with E-state index in [2.05, 4.69) is 15.6 Å². The van der Waals surface area contributed by atoms with E-state index in [1.807, 2.05) is 0 Å². The minimum atomic E-state index is -0.419. The number of thiazole rings is 1. The van der Waals surface area contributed by atoms with Crippen LogP contribution in [-0.2, 0) is 4.79 Å². The fraction of sp³-hybridized carbons (Fsp3) is 0.333. The van der Waals surface area contributed by atoms with Crippen LogP contribution in [0.15, 0.2) is 10.9 Å². The van der Waals surface area contributed by atoms with E-state index in [1.165, 1.54) is 11.3 Å². The molecule has 1 saturated heterocycles. The first-order valence-corrected chi connectivity index (χ1v) is 5.87. The lowest BCUT2D eigenvalue weighted by molar-refractivity contribution is -0.124. The molecule has 2 heterocycles. The van der Waals surface area contributed by atoms with Crippen LogP contribution in [0.5, 0.6) is 0 Å². The highest BCUT2D eigenvalue weighted by molar-refractivity contribution is 7.07. The molecule has 8 heteroatoms. The molecule has 0 unspecified atom stereocenters. The van der Waals surface area contributed by atoms with Gasteiger partial charge in [-0.05, 0) is 0 Å². The maximum atomic E-state index is 11.5. The Kier molecular flexibility index (Phi) is 3.33. The zero-order chi connectivity index (χ0) is 12.3. The van der Waals surface area contributed by atoms with Crippen LogP contribution < -0.4 is 10.6 Å². The minimum absolute atomic E-state index is 0.0267. The molecule has 0 aromatic carbocycles. The van der Waals surface area contributed by atoms with Crippen molar-refractivity contribution in [2.45, 2.75) is 0 Å². The van der Waals surface area contributed by atoms with Gasteiger partial charge in [-0.3, -0.25) is 14.5 Å². The number of nitrogens with zero attached hydrogens (tertiary/aromatic N) is 2. The molecule has 0 aliphatic carbocycles. The van der Waals surface area contributed by atoms with Gasteiger partial charge < -0.3 is 10.6 Å². The van der Waals surface area contributed by atoms with Gasteiger partial charge in [-0.2, -0.15) is 0 Å². The summed E-state index contributed by atoms with van der Waals surface area (Å²) in [4.78, 5) is 38.8. The van der Waals surface area contributed by atoms with Crippen LogP contribution in [0, 0.1) is 0 Å². The third-order valence-corrected chi connectivity index (χ3v) is 2.81. The summed E-state index contributed by atoms with van der Waals surface area (Å²) in [6.45, 7) is 0.412. The number of imide groups is 1. The fourth-order valence-corrected chi connectivity index (χ4v) is 1.91. The van der Waals surface area contributed by atoms with Crippen molar-refractivity contribution in [2.75, 3.05) is 19.6 Å². The Bertz CT molecular complexity index is 429. The normalized spacial score (nSPS) is 14.9. The van der Waals surface area contributed by atoms with Crippen LogP contribution in [-0.4, -0.2) is 47.4 Å². The summed E-state index contributed by atoms with van der Waals surface area (Å²) >= 11 is 1.33. The van der Waals surface area contributed by atoms with E-state index < -0.39 is 6.03 Å². The van der Waals surface area contributed by atoms with Crippen molar-refractivity contribution in [1.29, 1.82) is 0 Å². The lowest BCUT2D eigenvalue weighted by atomic mass is 10.4. The van der Waals surface area contributed by atoms with Gasteiger partial charge >= 0.3 is 6.03 Å². The number of aromatic nitrogens is 1. The highest BCUT2D eigenvalue weighted by Gasteiger charge is 2.27. The fourth-order valence-electron chi connectivity index (χ4n) is 1.38. The maximum absolute atomic E-state index is 11.5. The third kappa shape index (κ3) is 2.59. The van der Waals surface area contributed by atoms with E-state index in [-0.39, 0.29) is 31.4 Å². The van der Waals surface area contributed by atoms with Gasteiger partial charge in [-0.1, -0.05) is 0 Å². The van der Waals surface area contributed by atoms with E-state index in [4.69, 9.17) is 0 Å². The lowest BCUT2D eigenvalue weighted by Gasteiger charge is -2.12. The minimum Gasteiger partial charge on any atom is -0.349 e. The Hall–Kier alpha value is -1.96. The Morgan fingerprint density at radius 3 is 3.00 bits per heavy atom. The summed E-state index contributed by atoms with van der Waals surface area (Å²) in [6.07, 6.45) is 0. The second-order valence-corrected chi connectivity index (χ2v) is 4.05. The zero-order valence-electron chi connectivity index (χ0n) is 8.80. The molecule has 0 atom stereocenters. The largest absolute Gasteiger partial charge is 0.349 e. The van der Waals surface area contributed by atoms with E-state index >= 15 is 0 Å². The first-order chi connectivity index (χ1) is 8.18. The standard InChI is InChI=1S/C9H10N4O3S/c14-7-3-11-9(16)13(7)2-1-10-8(15)6-4-17-5-12-6/h4-5H,1-3H2,(H,10,15)(H,11,16). The van der Waals surface area contributed by atoms with Gasteiger partial charge in [-0.15, -0.1) is 11.3 Å². The number of nitrogens with one attached hydrogen (secondary N) is 2. The molecule has 1 aliphatic rings. The van der Waals surface area contributed by atoms with Crippen LogP contribution in [0.3, 0.4) is 0 Å². The maximum Gasteiger partial charge on any atom is 0.324 e. The van der Waals surface area contributed by atoms with Gasteiger partial charge in [0.15, 0.2) is 0 Å². The van der Waals surface area contributed by atoms with Crippen LogP contribution in [0.4, 0.5) is 4.79 Å². The molecular formula is C9H10N4O3S. The number of carbonyl (C=O) groups is 3. The molecule has 1 aromatic heterocycles. The molecule has 0 radical (unpaired) electrons. The predicted molar refractivity (Wildman–Crippen MR) is 59.6 cm³/mol. The predicted octanol–water partition coefficient (Wildman–Crippen LogP) is -0.575. The lowest BCUT2D eigenvalue weighted by Crippen LogP contribution is -2.38. The smallest absolute Gasteiger partial charge is 0.324 e. The van der Waals surface area contributed by atoms with Crippen molar-refractivity contribution in [2.24, 2.45) is 0 Å². The van der Waals surface area contributed by atoms with Crippen LogP contribution in [0.25, 0.3) is 0 Å². The summed E-state index contributed by atoms with van der Waals surface area (Å²) in [5.74, 6) is -0.587. The van der Waals surface area contributed by atoms with Crippen LogP contribution in [0.2, 0.25) is 0 Å². The van der Waals surface area contributed by atoms with Crippen molar-refractivity contribution in [3.63, 3.8) is 0 Å². The van der Waals surface area contributed by atoms with E-state index in [9.17, 15) is 14.4 Å². The highest BCUT2D eigenvalue weighted by Crippen LogP contribution is 2.00. The topological polar surface area (TPSA) is 91.4 Å². The van der Waals surface area contributed by atoms with Gasteiger partial charge in [0.25, 0.3) is 5.91 Å². The van der Waals surface area contributed by atoms with Gasteiger partial charge in [0.1, 0.15) is 5.69 Å². The summed E-state index contributed by atoms with van der Waals surface area (Å²) in [6, 6.07) is -0.419. The monoisotopic (exact) mass is 254 g/mol. The number of hydrogen-bond donors (Lipinski definition) is 2. The molecule has 90 valence electrons. The summed E-state index contributed by atoms with van der Waals surface area (Å²) in [7, 11) is 0. The van der Waals surface area contributed by atoms with E-state index in [1.54, 1.807) is 10.9 Å². The second kappa shape index (κ2) is 4.91. The van der Waals surface area contributed by atoms with Gasteiger partial charge in [0.2, 0.25) is 5.91 Å². The Balaban J connectivity index is 1.78. The second-order valence-electron chi connectivity index (χ2n) is 3.33. The zero-order valence-corrected chi connectivity index (χ0v) is 9.62. The molecule has 2 rings (SSSR count). The molecule has 0 saturated carbocycles. The molecule has 1 aromatic rings. The highest BCUT2D eigenvalue weighted by atomic mass is 32.1. The van der Waals surface area contributed by atoms with Crippen molar-refractivity contribution in [3.05, 3.63) is 16.6 Å². The summed E-state index contributed by atoms with van der Waals surface area (Å²) in [5, 5.41) is 6.61. The Morgan fingerprint density at radius 2 is 2.41 bits per heavy atom. The van der Waals surface area contributed by atoms with Gasteiger partial charge in [0.05, 0.1) is 12.1 Å². The number of carbonyl (C=O) groups excluding carboxylic acids is 3. The van der Waals surface area contributed by atoms with Gasteiger partial charge in [-0.25, -0.2) is 9.78 Å². The Morgan fingerprint density at radius 1 is 1.59 bits per heavy atom. The Labute approximate surface area is 101 Å². The SMILES string of the molecule is O=C(NCCN1C(=O)CNC1=O)c1cscn1. The number of hydrogen-bond acceptors (Lipinski definition) is 5. The quantitative estimate of drug-likeness (QED) is 0.703. The average molecular weight is 254 g/mol. The molecule has 2 N–H and O–H groups in total. The van der Waals surface area contributed by atoms with Crippen molar-refractivity contribution < 1.29 is 14.4 Å². The number of rotatable bonds is 4. The molecule has 7 nitrogen and oxygen atoms in total. The molecule has 4 amide bonds. The van der Waals surface area contributed by atoms with Crippen molar-refractivity contribution >= 4 is 29.2 Å². The first-order valence-electron chi connectivity index (χ1n) is 4.93.